The molecule has 0 saturated carbocycles. The van der Waals surface area contributed by atoms with Gasteiger partial charge < -0.3 is 30.3 Å². The summed E-state index contributed by atoms with van der Waals surface area (Å²) in [6, 6.07) is 0. The van der Waals surface area contributed by atoms with Gasteiger partial charge in [0.2, 0.25) is 0 Å². The number of aliphatic hydroxyl groups is 4. The molecule has 27 heavy (non-hydrogen) atoms. The predicted molar refractivity (Wildman–Crippen MR) is 111 cm³/mol. The third-order valence-electron chi connectivity index (χ3n) is 2.48. The first-order chi connectivity index (χ1) is 12.6. The van der Waals surface area contributed by atoms with Gasteiger partial charge in [0.25, 0.3) is 0 Å². The number of aromatic hydroxyl groups is 1. The maximum Gasteiger partial charge on any atom is 0.155 e. The molecule has 0 aliphatic rings. The number of halogens is 5. The van der Waals surface area contributed by atoms with Crippen LogP contribution in [-0.2, 0) is 4.74 Å². The Morgan fingerprint density at radius 1 is 0.741 bits per heavy atom. The third-order valence-corrected chi connectivity index (χ3v) is 4.73. The molecule has 0 radical (unpaired) electrons. The standard InChI is InChI=1S/C6HCl5O.C6H10O.C4H10O4/c7-1-2(8)4(10)6(12)5(11)3(1)9;1-3-5-7-6-4-2;5-1-3(7)4(8)2-6/h12H;3-4H,1-2,5-6H2;3-8H,1-2H2. The Labute approximate surface area is 182 Å². The summed E-state index contributed by atoms with van der Waals surface area (Å²) in [6.45, 7) is 7.13. The van der Waals surface area contributed by atoms with Gasteiger partial charge in [0.1, 0.15) is 22.3 Å². The van der Waals surface area contributed by atoms with Crippen molar-refractivity contribution in [1.82, 2.24) is 0 Å². The topological polar surface area (TPSA) is 110 Å². The van der Waals surface area contributed by atoms with Crippen molar-refractivity contribution in [2.24, 2.45) is 0 Å². The average Bonchev–Trinajstić information content (AvgIpc) is 2.69. The van der Waals surface area contributed by atoms with Gasteiger partial charge in [0.05, 0.1) is 41.5 Å². The van der Waals surface area contributed by atoms with Gasteiger partial charge in [-0.1, -0.05) is 70.2 Å². The van der Waals surface area contributed by atoms with Crippen molar-refractivity contribution in [3.05, 3.63) is 50.4 Å². The fraction of sp³-hybridized carbons (Fsp3) is 0.375. The molecule has 0 fully saturated rings. The van der Waals surface area contributed by atoms with Crippen LogP contribution in [0.15, 0.2) is 25.3 Å². The molecule has 2 unspecified atom stereocenters. The van der Waals surface area contributed by atoms with Crippen LogP contribution in [0, 0.1) is 0 Å². The highest BCUT2D eigenvalue weighted by molar-refractivity contribution is 6.55. The number of hydrogen-bond acceptors (Lipinski definition) is 6. The zero-order valence-electron chi connectivity index (χ0n) is 14.1. The first kappa shape index (κ1) is 29.0. The summed E-state index contributed by atoms with van der Waals surface area (Å²) in [4.78, 5) is 0. The highest BCUT2D eigenvalue weighted by Gasteiger charge is 2.18. The van der Waals surface area contributed by atoms with E-state index in [1.807, 2.05) is 0 Å². The van der Waals surface area contributed by atoms with E-state index in [4.69, 9.17) is 83.2 Å². The van der Waals surface area contributed by atoms with Crippen molar-refractivity contribution >= 4 is 58.0 Å². The van der Waals surface area contributed by atoms with Gasteiger partial charge in [-0.25, -0.2) is 0 Å². The summed E-state index contributed by atoms with van der Waals surface area (Å²) in [7, 11) is 0. The van der Waals surface area contributed by atoms with E-state index in [0.717, 1.165) is 0 Å². The molecule has 0 aliphatic heterocycles. The van der Waals surface area contributed by atoms with E-state index >= 15 is 0 Å². The number of rotatable bonds is 7. The van der Waals surface area contributed by atoms with E-state index < -0.39 is 25.4 Å². The van der Waals surface area contributed by atoms with Crippen molar-refractivity contribution in [2.75, 3.05) is 26.4 Å². The van der Waals surface area contributed by atoms with Crippen molar-refractivity contribution in [1.29, 1.82) is 0 Å². The molecule has 156 valence electrons. The molecule has 1 aromatic carbocycles. The molecule has 0 saturated heterocycles. The number of benzene rings is 1. The minimum atomic E-state index is -1.22. The Kier molecular flexibility index (Phi) is 17.9. The molecule has 1 rings (SSSR count). The third kappa shape index (κ3) is 11.4. The minimum Gasteiger partial charge on any atom is -0.505 e. The summed E-state index contributed by atoms with van der Waals surface area (Å²) in [5.74, 6) is -0.363. The van der Waals surface area contributed by atoms with Crippen LogP contribution in [0.25, 0.3) is 0 Å². The molecule has 5 N–H and O–H groups in total. The zero-order valence-corrected chi connectivity index (χ0v) is 17.9. The summed E-state index contributed by atoms with van der Waals surface area (Å²) in [5.41, 5.74) is 0. The number of ether oxygens (including phenoxy) is 1. The minimum absolute atomic E-state index is 0.00904. The van der Waals surface area contributed by atoms with Crippen molar-refractivity contribution in [3.8, 4) is 5.75 Å². The first-order valence-electron chi connectivity index (χ1n) is 7.18. The van der Waals surface area contributed by atoms with E-state index in [9.17, 15) is 5.11 Å². The van der Waals surface area contributed by atoms with Crippen molar-refractivity contribution in [3.63, 3.8) is 0 Å². The SMILES string of the molecule is C=CCOCC=C.OCC(O)C(O)CO.Oc1c(Cl)c(Cl)c(Cl)c(Cl)c1Cl. The second-order valence-electron chi connectivity index (χ2n) is 4.53. The highest BCUT2D eigenvalue weighted by atomic mass is 35.5. The number of phenols is 1. The molecule has 1 aromatic rings. The number of hydrogen-bond donors (Lipinski definition) is 5. The van der Waals surface area contributed by atoms with Gasteiger partial charge in [0.15, 0.2) is 5.75 Å². The maximum absolute atomic E-state index is 9.20. The second-order valence-corrected chi connectivity index (χ2v) is 6.42. The molecule has 2 atom stereocenters. The van der Waals surface area contributed by atoms with E-state index in [-0.39, 0.29) is 30.9 Å². The molecule has 0 aliphatic carbocycles. The van der Waals surface area contributed by atoms with Gasteiger partial charge in [-0.05, 0) is 0 Å². The fourth-order valence-corrected chi connectivity index (χ4v) is 2.20. The van der Waals surface area contributed by atoms with Gasteiger partial charge >= 0.3 is 0 Å². The Morgan fingerprint density at radius 3 is 1.30 bits per heavy atom. The van der Waals surface area contributed by atoms with Crippen LogP contribution in [0.4, 0.5) is 0 Å². The first-order valence-corrected chi connectivity index (χ1v) is 9.07. The van der Waals surface area contributed by atoms with Gasteiger partial charge in [-0.15, -0.1) is 13.2 Å². The Morgan fingerprint density at radius 2 is 1.04 bits per heavy atom. The highest BCUT2D eigenvalue weighted by Crippen LogP contribution is 2.47. The van der Waals surface area contributed by atoms with Crippen LogP contribution in [0.3, 0.4) is 0 Å². The van der Waals surface area contributed by atoms with Gasteiger partial charge in [-0.3, -0.25) is 0 Å². The van der Waals surface area contributed by atoms with Crippen LogP contribution in [0.5, 0.6) is 5.75 Å². The predicted octanol–water partition coefficient (Wildman–Crippen LogP) is 3.73. The monoisotopic (exact) mass is 484 g/mol. The van der Waals surface area contributed by atoms with E-state index in [1.54, 1.807) is 12.2 Å². The van der Waals surface area contributed by atoms with Crippen LogP contribution >= 0.6 is 58.0 Å². The summed E-state index contributed by atoms with van der Waals surface area (Å²) in [5, 5.41) is 42.2. The summed E-state index contributed by atoms with van der Waals surface area (Å²) in [6.07, 6.45) is 0.979. The molecule has 0 aromatic heterocycles. The smallest absolute Gasteiger partial charge is 0.155 e. The Bertz CT molecular complexity index is 464. The van der Waals surface area contributed by atoms with E-state index in [0.29, 0.717) is 13.2 Å². The molecule has 0 bridgehead atoms. The van der Waals surface area contributed by atoms with E-state index in [1.165, 1.54) is 0 Å². The Hall–Kier alpha value is -0.250. The zero-order chi connectivity index (χ0) is 21.6. The molecular weight excluding hydrogens is 465 g/mol. The normalized spacial score (nSPS) is 12.0. The quantitative estimate of drug-likeness (QED) is 0.174. The molecule has 0 amide bonds. The fourth-order valence-electron chi connectivity index (χ4n) is 1.07. The summed E-state index contributed by atoms with van der Waals surface area (Å²) < 4.78 is 4.90. The van der Waals surface area contributed by atoms with Gasteiger partial charge in [-0.2, -0.15) is 0 Å². The number of phenolic OH excluding ortho intramolecular Hbond substituents is 1. The lowest BCUT2D eigenvalue weighted by Gasteiger charge is -2.10. The maximum atomic E-state index is 9.20. The van der Waals surface area contributed by atoms with Crippen LogP contribution < -0.4 is 0 Å². The lowest BCUT2D eigenvalue weighted by Crippen LogP contribution is -2.31. The lowest BCUT2D eigenvalue weighted by molar-refractivity contribution is -0.0388. The van der Waals surface area contributed by atoms with Crippen molar-refractivity contribution in [2.45, 2.75) is 12.2 Å². The molecule has 0 spiro atoms. The largest absolute Gasteiger partial charge is 0.505 e. The summed E-state index contributed by atoms with van der Waals surface area (Å²) >= 11 is 27.9. The van der Waals surface area contributed by atoms with Gasteiger partial charge in [0, 0.05) is 0 Å². The van der Waals surface area contributed by atoms with E-state index in [2.05, 4.69) is 13.2 Å². The molecular formula is C16H21Cl5O6. The van der Waals surface area contributed by atoms with Crippen LogP contribution in [0.2, 0.25) is 25.1 Å². The molecule has 11 heteroatoms. The average molecular weight is 487 g/mol. The lowest BCUT2D eigenvalue weighted by atomic mass is 10.2. The van der Waals surface area contributed by atoms with Crippen LogP contribution in [0.1, 0.15) is 0 Å². The van der Waals surface area contributed by atoms with Crippen LogP contribution in [-0.4, -0.2) is 64.2 Å². The number of aliphatic hydroxyl groups excluding tert-OH is 4. The van der Waals surface area contributed by atoms with Crippen molar-refractivity contribution < 1.29 is 30.3 Å². The second kappa shape index (κ2) is 16.7. The molecule has 6 nitrogen and oxygen atoms in total. The Balaban J connectivity index is 0. The molecule has 0 heterocycles.